The molecule has 4 atom stereocenters. The van der Waals surface area contributed by atoms with E-state index >= 15 is 0 Å². The van der Waals surface area contributed by atoms with E-state index in [0.29, 0.717) is 59.9 Å². The summed E-state index contributed by atoms with van der Waals surface area (Å²) in [4.78, 5) is 52.6. The number of ether oxygens (including phenoxy) is 2. The highest BCUT2D eigenvalue weighted by atomic mass is 16.5. The normalized spacial score (nSPS) is 26.1. The number of hydrogen-bond donors (Lipinski definition) is 0. The van der Waals surface area contributed by atoms with Crippen LogP contribution in [-0.2, 0) is 22.6 Å². The maximum atomic E-state index is 12.6. The molecule has 37 heavy (non-hydrogen) atoms. The van der Waals surface area contributed by atoms with Gasteiger partial charge in [-0.15, -0.1) is 0 Å². The summed E-state index contributed by atoms with van der Waals surface area (Å²) in [5.41, 5.74) is 3.38. The summed E-state index contributed by atoms with van der Waals surface area (Å²) in [5, 5.41) is 0. The molecule has 198 valence electrons. The standard InChI is InChI=1S/C14H18N2O3.C13H16N2O3/c1-8-6-15-7-11-16(9(2)4-5-19-11)14(18)12(15)10(3)13(8)17;1-7-4-14-5-10-15(8(2)6-18-10)13(17)11(14)9(3)12(7)16/h6,9,11H,4-5,7H2,1-3H3;4,8,10H,5-6H2,1-3H3/t9-,11+;/m1./s1. The van der Waals surface area contributed by atoms with Crippen LogP contribution in [0.4, 0.5) is 0 Å². The number of carbonyl (C=O) groups excluding carboxylic acids is 2. The third-order valence-corrected chi connectivity index (χ3v) is 7.91. The van der Waals surface area contributed by atoms with Crippen molar-refractivity contribution in [1.82, 2.24) is 18.9 Å². The second kappa shape index (κ2) is 9.25. The van der Waals surface area contributed by atoms with E-state index in [0.717, 1.165) is 6.42 Å². The first-order chi connectivity index (χ1) is 17.5. The zero-order valence-electron chi connectivity index (χ0n) is 22.2. The molecule has 10 nitrogen and oxygen atoms in total. The maximum Gasteiger partial charge on any atom is 0.273 e. The lowest BCUT2D eigenvalue weighted by molar-refractivity contribution is -0.112. The number of nitrogens with zero attached hydrogens (tertiary/aromatic N) is 4. The molecule has 2 aromatic rings. The molecular weight excluding hydrogens is 476 g/mol. The van der Waals surface area contributed by atoms with Gasteiger partial charge in [-0.25, -0.2) is 0 Å². The fourth-order valence-corrected chi connectivity index (χ4v) is 5.90. The number of pyridine rings is 2. The molecule has 4 aliphatic heterocycles. The molecule has 0 aliphatic carbocycles. The smallest absolute Gasteiger partial charge is 0.273 e. The molecule has 6 rings (SSSR count). The molecular formula is C27H34N4O6. The zero-order chi connectivity index (χ0) is 26.8. The molecule has 2 saturated heterocycles. The van der Waals surface area contributed by atoms with Crippen LogP contribution in [-0.4, -0.2) is 68.5 Å². The molecule has 0 spiro atoms. The van der Waals surface area contributed by atoms with Crippen LogP contribution in [0.25, 0.3) is 0 Å². The van der Waals surface area contributed by atoms with E-state index in [2.05, 4.69) is 0 Å². The Morgan fingerprint density at radius 3 is 1.68 bits per heavy atom. The largest absolute Gasteiger partial charge is 0.356 e. The summed E-state index contributed by atoms with van der Waals surface area (Å²) >= 11 is 0. The summed E-state index contributed by atoms with van der Waals surface area (Å²) in [5.74, 6) is -0.177. The summed E-state index contributed by atoms with van der Waals surface area (Å²) in [7, 11) is 0. The lowest BCUT2D eigenvalue weighted by Gasteiger charge is -2.44. The van der Waals surface area contributed by atoms with Gasteiger partial charge in [0.25, 0.3) is 11.8 Å². The van der Waals surface area contributed by atoms with E-state index in [1.807, 2.05) is 23.0 Å². The molecule has 0 bridgehead atoms. The van der Waals surface area contributed by atoms with Crippen molar-refractivity contribution in [2.24, 2.45) is 0 Å². The lowest BCUT2D eigenvalue weighted by atomic mass is 10.0. The van der Waals surface area contributed by atoms with Gasteiger partial charge in [0.15, 0.2) is 23.3 Å². The van der Waals surface area contributed by atoms with E-state index < -0.39 is 0 Å². The van der Waals surface area contributed by atoms with Crippen molar-refractivity contribution in [3.8, 4) is 0 Å². The molecule has 2 fully saturated rings. The molecule has 2 amide bonds. The average Bonchev–Trinajstić information content (AvgIpc) is 3.22. The quantitative estimate of drug-likeness (QED) is 0.535. The van der Waals surface area contributed by atoms with Crippen LogP contribution < -0.4 is 10.9 Å². The fourth-order valence-electron chi connectivity index (χ4n) is 5.90. The molecule has 4 aliphatic rings. The highest BCUT2D eigenvalue weighted by molar-refractivity contribution is 5.95. The van der Waals surface area contributed by atoms with Gasteiger partial charge in [0, 0.05) is 40.7 Å². The summed E-state index contributed by atoms with van der Waals surface area (Å²) < 4.78 is 15.0. The number of aromatic nitrogens is 2. The highest BCUT2D eigenvalue weighted by Gasteiger charge is 2.42. The molecule has 10 heteroatoms. The predicted molar refractivity (Wildman–Crippen MR) is 136 cm³/mol. The first kappa shape index (κ1) is 25.4. The summed E-state index contributed by atoms with van der Waals surface area (Å²) in [6.45, 7) is 13.5. The van der Waals surface area contributed by atoms with Crippen LogP contribution in [0.5, 0.6) is 0 Å². The van der Waals surface area contributed by atoms with Crippen molar-refractivity contribution in [3.63, 3.8) is 0 Å². The highest BCUT2D eigenvalue weighted by Crippen LogP contribution is 2.28. The SMILES string of the molecule is Cc1cn2c(c(C)c1=O)C(=O)N1C(C)COC1C2.Cc1cn2c(c(C)c1=O)C(=O)N1[C@H](C)CCO[C@H]1C2. The Kier molecular flexibility index (Phi) is 6.35. The number of rotatable bonds is 0. The topological polar surface area (TPSA) is 103 Å². The third kappa shape index (κ3) is 4.02. The number of amides is 2. The van der Waals surface area contributed by atoms with Gasteiger partial charge in [0.2, 0.25) is 0 Å². The number of fused-ring (bicyclic) bond motifs is 4. The van der Waals surface area contributed by atoms with Crippen molar-refractivity contribution in [2.45, 2.75) is 85.6 Å². The van der Waals surface area contributed by atoms with Gasteiger partial charge in [0.1, 0.15) is 11.4 Å². The van der Waals surface area contributed by atoms with Crippen LogP contribution in [0.15, 0.2) is 22.0 Å². The third-order valence-electron chi connectivity index (χ3n) is 7.91. The van der Waals surface area contributed by atoms with Gasteiger partial charge in [-0.3, -0.25) is 19.2 Å². The molecule has 0 aromatic carbocycles. The first-order valence-electron chi connectivity index (χ1n) is 12.8. The summed E-state index contributed by atoms with van der Waals surface area (Å²) in [6.07, 6.45) is 3.97. The van der Waals surface area contributed by atoms with E-state index in [4.69, 9.17) is 9.47 Å². The monoisotopic (exact) mass is 510 g/mol. The Labute approximate surface area is 215 Å². The minimum atomic E-state index is -0.204. The van der Waals surface area contributed by atoms with Gasteiger partial charge < -0.3 is 28.4 Å². The zero-order valence-corrected chi connectivity index (χ0v) is 22.2. The Morgan fingerprint density at radius 1 is 0.703 bits per heavy atom. The summed E-state index contributed by atoms with van der Waals surface area (Å²) in [6, 6.07) is 0.239. The van der Waals surface area contributed by atoms with Crippen molar-refractivity contribution >= 4 is 11.8 Å². The van der Waals surface area contributed by atoms with Gasteiger partial charge in [-0.05, 0) is 48.0 Å². The lowest BCUT2D eigenvalue weighted by Crippen LogP contribution is -2.57. The Morgan fingerprint density at radius 2 is 1.16 bits per heavy atom. The van der Waals surface area contributed by atoms with Crippen LogP contribution in [0.1, 0.15) is 63.5 Å². The number of aryl methyl sites for hydroxylation is 2. The van der Waals surface area contributed by atoms with Crippen molar-refractivity contribution in [3.05, 3.63) is 66.5 Å². The van der Waals surface area contributed by atoms with Crippen molar-refractivity contribution in [2.75, 3.05) is 13.2 Å². The molecule has 0 saturated carbocycles. The Hall–Kier alpha value is -3.24. The predicted octanol–water partition coefficient (Wildman–Crippen LogP) is 1.72. The first-order valence-corrected chi connectivity index (χ1v) is 12.8. The minimum Gasteiger partial charge on any atom is -0.356 e. The van der Waals surface area contributed by atoms with Gasteiger partial charge in [0.05, 0.1) is 32.3 Å². The van der Waals surface area contributed by atoms with Crippen LogP contribution in [0, 0.1) is 27.7 Å². The minimum absolute atomic E-state index is 0.0383. The second-order valence-corrected chi connectivity index (χ2v) is 10.6. The van der Waals surface area contributed by atoms with E-state index in [-0.39, 0.29) is 47.2 Å². The van der Waals surface area contributed by atoms with Gasteiger partial charge in [-0.1, -0.05) is 0 Å². The van der Waals surface area contributed by atoms with Crippen LogP contribution >= 0.6 is 0 Å². The molecule has 2 aromatic heterocycles. The van der Waals surface area contributed by atoms with E-state index in [1.165, 1.54) is 0 Å². The molecule has 6 heterocycles. The second-order valence-electron chi connectivity index (χ2n) is 10.6. The van der Waals surface area contributed by atoms with E-state index in [1.54, 1.807) is 49.9 Å². The molecule has 2 unspecified atom stereocenters. The number of carbonyl (C=O) groups is 2. The van der Waals surface area contributed by atoms with Crippen molar-refractivity contribution in [1.29, 1.82) is 0 Å². The van der Waals surface area contributed by atoms with E-state index in [9.17, 15) is 19.2 Å². The maximum absolute atomic E-state index is 12.6. The van der Waals surface area contributed by atoms with Crippen LogP contribution in [0.3, 0.4) is 0 Å². The molecule has 0 radical (unpaired) electrons. The van der Waals surface area contributed by atoms with Gasteiger partial charge in [-0.2, -0.15) is 0 Å². The Balaban J connectivity index is 0.000000152. The van der Waals surface area contributed by atoms with Crippen molar-refractivity contribution < 1.29 is 19.1 Å². The fraction of sp³-hybridized carbons (Fsp3) is 0.556. The number of hydrogen-bond acceptors (Lipinski definition) is 6. The van der Waals surface area contributed by atoms with Crippen LogP contribution in [0.2, 0.25) is 0 Å². The molecule has 0 N–H and O–H groups in total. The average molecular weight is 511 g/mol. The Bertz CT molecular complexity index is 1410. The van der Waals surface area contributed by atoms with Gasteiger partial charge >= 0.3 is 0 Å².